The average molecular weight is 203 g/mol. The van der Waals surface area contributed by atoms with Crippen LogP contribution in [-0.4, -0.2) is 10.2 Å². The lowest BCUT2D eigenvalue weighted by Crippen LogP contribution is -2.07. The van der Waals surface area contributed by atoms with Gasteiger partial charge in [0.25, 0.3) is 0 Å². The Hall–Kier alpha value is -1.90. The van der Waals surface area contributed by atoms with E-state index in [1.807, 2.05) is 0 Å². The SMILES string of the molecule is N#Cc1c(O)cc(O)cc1C(F)(F)F. The van der Waals surface area contributed by atoms with Crippen LogP contribution in [0.3, 0.4) is 0 Å². The highest BCUT2D eigenvalue weighted by molar-refractivity contribution is 5.53. The molecule has 0 aliphatic carbocycles. The first-order chi connectivity index (χ1) is 6.36. The number of nitrogens with zero attached hydrogens (tertiary/aromatic N) is 1. The summed E-state index contributed by atoms with van der Waals surface area (Å²) in [4.78, 5) is 0. The van der Waals surface area contributed by atoms with Gasteiger partial charge in [0.15, 0.2) is 0 Å². The van der Waals surface area contributed by atoms with Crippen LogP contribution in [0.1, 0.15) is 11.1 Å². The zero-order valence-electron chi connectivity index (χ0n) is 6.63. The Labute approximate surface area is 76.6 Å². The summed E-state index contributed by atoms with van der Waals surface area (Å²) >= 11 is 0. The molecule has 6 heteroatoms. The molecule has 2 N–H and O–H groups in total. The van der Waals surface area contributed by atoms with Gasteiger partial charge in [-0.3, -0.25) is 0 Å². The van der Waals surface area contributed by atoms with E-state index in [2.05, 4.69) is 0 Å². The van der Waals surface area contributed by atoms with E-state index in [9.17, 15) is 13.2 Å². The van der Waals surface area contributed by atoms with Crippen LogP contribution < -0.4 is 0 Å². The van der Waals surface area contributed by atoms with Crippen molar-refractivity contribution in [1.82, 2.24) is 0 Å². The maximum absolute atomic E-state index is 12.2. The zero-order chi connectivity index (χ0) is 10.9. The molecule has 0 atom stereocenters. The summed E-state index contributed by atoms with van der Waals surface area (Å²) in [5.74, 6) is -1.63. The highest BCUT2D eigenvalue weighted by Gasteiger charge is 2.35. The molecule has 0 bridgehead atoms. The van der Waals surface area contributed by atoms with Gasteiger partial charge < -0.3 is 10.2 Å². The first-order valence-corrected chi connectivity index (χ1v) is 3.39. The van der Waals surface area contributed by atoms with Crippen LogP contribution in [0.15, 0.2) is 12.1 Å². The molecule has 14 heavy (non-hydrogen) atoms. The minimum atomic E-state index is -4.78. The highest BCUT2D eigenvalue weighted by Crippen LogP contribution is 2.37. The van der Waals surface area contributed by atoms with E-state index in [1.54, 1.807) is 0 Å². The fourth-order valence-electron chi connectivity index (χ4n) is 0.953. The molecule has 0 aliphatic heterocycles. The number of benzene rings is 1. The summed E-state index contributed by atoms with van der Waals surface area (Å²) in [6.07, 6.45) is -4.78. The molecule has 0 aliphatic rings. The van der Waals surface area contributed by atoms with E-state index in [4.69, 9.17) is 15.5 Å². The van der Waals surface area contributed by atoms with Crippen LogP contribution >= 0.6 is 0 Å². The fourth-order valence-corrected chi connectivity index (χ4v) is 0.953. The van der Waals surface area contributed by atoms with Gasteiger partial charge in [-0.1, -0.05) is 0 Å². The second-order valence-electron chi connectivity index (χ2n) is 2.50. The molecule has 0 aromatic heterocycles. The van der Waals surface area contributed by atoms with Crippen molar-refractivity contribution in [2.75, 3.05) is 0 Å². The normalized spacial score (nSPS) is 11.0. The number of alkyl halides is 3. The zero-order valence-corrected chi connectivity index (χ0v) is 6.63. The van der Waals surface area contributed by atoms with Crippen molar-refractivity contribution < 1.29 is 23.4 Å². The summed E-state index contributed by atoms with van der Waals surface area (Å²) < 4.78 is 36.7. The quantitative estimate of drug-likeness (QED) is 0.677. The van der Waals surface area contributed by atoms with E-state index in [1.165, 1.54) is 6.07 Å². The molecule has 0 saturated heterocycles. The van der Waals surface area contributed by atoms with Gasteiger partial charge in [-0.25, -0.2) is 0 Å². The first-order valence-electron chi connectivity index (χ1n) is 3.39. The van der Waals surface area contributed by atoms with Crippen molar-refractivity contribution in [2.45, 2.75) is 6.18 Å². The third-order valence-corrected chi connectivity index (χ3v) is 1.52. The molecule has 0 radical (unpaired) electrons. The van der Waals surface area contributed by atoms with Gasteiger partial charge in [-0.2, -0.15) is 18.4 Å². The number of hydrogen-bond acceptors (Lipinski definition) is 3. The van der Waals surface area contributed by atoms with Gasteiger partial charge in [-0.05, 0) is 6.07 Å². The van der Waals surface area contributed by atoms with Crippen LogP contribution in [0.2, 0.25) is 0 Å². The third kappa shape index (κ3) is 1.71. The average Bonchev–Trinajstić information content (AvgIpc) is 2.01. The molecule has 1 rings (SSSR count). The Bertz CT molecular complexity index is 406. The molecule has 3 nitrogen and oxygen atoms in total. The minimum Gasteiger partial charge on any atom is -0.508 e. The maximum atomic E-state index is 12.2. The Morgan fingerprint density at radius 1 is 1.21 bits per heavy atom. The monoisotopic (exact) mass is 203 g/mol. The Morgan fingerprint density at radius 3 is 2.21 bits per heavy atom. The molecule has 0 spiro atoms. The predicted molar refractivity (Wildman–Crippen MR) is 39.5 cm³/mol. The number of rotatable bonds is 0. The Balaban J connectivity index is 3.50. The van der Waals surface area contributed by atoms with Crippen molar-refractivity contribution in [2.24, 2.45) is 0 Å². The van der Waals surface area contributed by atoms with Crippen LogP contribution in [0, 0.1) is 11.3 Å². The lowest BCUT2D eigenvalue weighted by atomic mass is 10.1. The second kappa shape index (κ2) is 3.10. The number of phenols is 2. The van der Waals surface area contributed by atoms with Crippen molar-refractivity contribution in [3.63, 3.8) is 0 Å². The van der Waals surface area contributed by atoms with Crippen molar-refractivity contribution in [3.8, 4) is 17.6 Å². The molecular formula is C8H4F3NO2. The summed E-state index contributed by atoms with van der Waals surface area (Å²) in [7, 11) is 0. The van der Waals surface area contributed by atoms with E-state index in [0.717, 1.165) is 0 Å². The minimum absolute atomic E-state index is 0.387. The molecule has 0 heterocycles. The van der Waals surface area contributed by atoms with Gasteiger partial charge in [-0.15, -0.1) is 0 Å². The largest absolute Gasteiger partial charge is 0.508 e. The van der Waals surface area contributed by atoms with Gasteiger partial charge in [0.2, 0.25) is 0 Å². The first kappa shape index (κ1) is 10.2. The van der Waals surface area contributed by atoms with Crippen LogP contribution in [0.4, 0.5) is 13.2 Å². The number of nitriles is 1. The molecule has 1 aromatic carbocycles. The van der Waals surface area contributed by atoms with Crippen LogP contribution in [-0.2, 0) is 6.18 Å². The van der Waals surface area contributed by atoms with E-state index >= 15 is 0 Å². The van der Waals surface area contributed by atoms with Crippen LogP contribution in [0.25, 0.3) is 0 Å². The second-order valence-corrected chi connectivity index (χ2v) is 2.50. The molecule has 1 aromatic rings. The Morgan fingerprint density at radius 2 is 1.79 bits per heavy atom. The molecule has 74 valence electrons. The third-order valence-electron chi connectivity index (χ3n) is 1.52. The summed E-state index contributed by atoms with van der Waals surface area (Å²) in [6.45, 7) is 0. The van der Waals surface area contributed by atoms with Gasteiger partial charge >= 0.3 is 6.18 Å². The molecule has 0 unspecified atom stereocenters. The predicted octanol–water partition coefficient (Wildman–Crippen LogP) is 1.99. The summed E-state index contributed by atoms with van der Waals surface area (Å²) in [5, 5.41) is 26.1. The number of aromatic hydroxyl groups is 2. The maximum Gasteiger partial charge on any atom is 0.417 e. The van der Waals surface area contributed by atoms with Crippen molar-refractivity contribution >= 4 is 0 Å². The van der Waals surface area contributed by atoms with Crippen LogP contribution in [0.5, 0.6) is 11.5 Å². The molecule has 0 saturated carbocycles. The van der Waals surface area contributed by atoms with Crippen molar-refractivity contribution in [3.05, 3.63) is 23.3 Å². The van der Waals surface area contributed by atoms with E-state index in [-0.39, 0.29) is 0 Å². The topological polar surface area (TPSA) is 64.2 Å². The molecule has 0 fully saturated rings. The highest BCUT2D eigenvalue weighted by atomic mass is 19.4. The van der Waals surface area contributed by atoms with E-state index in [0.29, 0.717) is 12.1 Å². The van der Waals surface area contributed by atoms with Gasteiger partial charge in [0, 0.05) is 6.07 Å². The van der Waals surface area contributed by atoms with Gasteiger partial charge in [0.1, 0.15) is 23.1 Å². The molecule has 0 amide bonds. The number of phenolic OH excluding ortho intramolecular Hbond substituents is 2. The number of hydrogen-bond donors (Lipinski definition) is 2. The number of halogens is 3. The van der Waals surface area contributed by atoms with Gasteiger partial charge in [0.05, 0.1) is 5.56 Å². The summed E-state index contributed by atoms with van der Waals surface area (Å²) in [6, 6.07) is 2.28. The lowest BCUT2D eigenvalue weighted by molar-refractivity contribution is -0.138. The Kier molecular flexibility index (Phi) is 2.26. The molecular weight excluding hydrogens is 199 g/mol. The standard InChI is InChI=1S/C8H4F3NO2/c9-8(10,11)6-1-4(13)2-7(14)5(6)3-12/h1-2,13-14H. The van der Waals surface area contributed by atoms with E-state index < -0.39 is 28.8 Å². The van der Waals surface area contributed by atoms with Crippen molar-refractivity contribution in [1.29, 1.82) is 5.26 Å². The fraction of sp³-hybridized carbons (Fsp3) is 0.125. The lowest BCUT2D eigenvalue weighted by Gasteiger charge is -2.09. The summed E-state index contributed by atoms with van der Waals surface area (Å²) in [5.41, 5.74) is -2.24. The smallest absolute Gasteiger partial charge is 0.417 e.